The predicted octanol–water partition coefficient (Wildman–Crippen LogP) is 7.76. The lowest BCUT2D eigenvalue weighted by atomic mass is 10.0. The first-order valence-electron chi connectivity index (χ1n) is 11.5. The van der Waals surface area contributed by atoms with Gasteiger partial charge in [0.1, 0.15) is 17.4 Å². The van der Waals surface area contributed by atoms with Crippen molar-refractivity contribution in [3.63, 3.8) is 0 Å². The summed E-state index contributed by atoms with van der Waals surface area (Å²) >= 11 is 0. The van der Waals surface area contributed by atoms with Crippen molar-refractivity contribution in [2.45, 2.75) is 32.6 Å². The molecule has 0 fully saturated rings. The zero-order valence-corrected chi connectivity index (χ0v) is 19.3. The molecule has 0 spiro atoms. The van der Waals surface area contributed by atoms with Gasteiger partial charge in [-0.3, -0.25) is 0 Å². The number of halogens is 4. The Bertz CT molecular complexity index is 1380. The molecular weight excluding hydrogens is 452 g/mol. The zero-order valence-electron chi connectivity index (χ0n) is 19.3. The highest BCUT2D eigenvalue weighted by Crippen LogP contribution is 2.23. The van der Waals surface area contributed by atoms with Crippen LogP contribution in [0.15, 0.2) is 66.7 Å². The summed E-state index contributed by atoms with van der Waals surface area (Å²) in [7, 11) is 0. The number of benzene rings is 4. The lowest BCUT2D eigenvalue weighted by molar-refractivity contribution is 0.305. The molecule has 4 rings (SSSR count). The molecule has 0 N–H and O–H groups in total. The van der Waals surface area contributed by atoms with Crippen molar-refractivity contribution in [1.82, 2.24) is 0 Å². The summed E-state index contributed by atoms with van der Waals surface area (Å²) in [5, 5.41) is 0.789. The summed E-state index contributed by atoms with van der Waals surface area (Å²) in [4.78, 5) is 0. The molecular formula is C30H24F4O. The van der Waals surface area contributed by atoms with Crippen molar-refractivity contribution in [3.8, 4) is 17.6 Å². The van der Waals surface area contributed by atoms with Gasteiger partial charge in [0.25, 0.3) is 0 Å². The normalized spacial score (nSPS) is 10.8. The number of ether oxygens (including phenoxy) is 1. The van der Waals surface area contributed by atoms with Crippen LogP contribution in [0, 0.1) is 35.1 Å². The van der Waals surface area contributed by atoms with Crippen LogP contribution in [0.2, 0.25) is 0 Å². The topological polar surface area (TPSA) is 9.23 Å². The van der Waals surface area contributed by atoms with Gasteiger partial charge in [-0.1, -0.05) is 49.5 Å². The molecule has 1 nitrogen and oxygen atoms in total. The zero-order chi connectivity index (χ0) is 24.8. The summed E-state index contributed by atoms with van der Waals surface area (Å²) in [6.45, 7) is 2.45. The number of rotatable bonds is 7. The minimum Gasteiger partial charge on any atom is -0.493 e. The Morgan fingerprint density at radius 2 is 1.40 bits per heavy atom. The van der Waals surface area contributed by atoms with E-state index in [1.165, 1.54) is 24.3 Å². The maximum atomic E-state index is 14.4. The van der Waals surface area contributed by atoms with Gasteiger partial charge in [-0.05, 0) is 60.5 Å². The first-order valence-corrected chi connectivity index (χ1v) is 11.5. The van der Waals surface area contributed by atoms with Crippen LogP contribution < -0.4 is 4.74 Å². The molecule has 0 radical (unpaired) electrons. The van der Waals surface area contributed by atoms with Crippen LogP contribution in [0.5, 0.6) is 5.75 Å². The predicted molar refractivity (Wildman–Crippen MR) is 130 cm³/mol. The Morgan fingerprint density at radius 1 is 0.714 bits per heavy atom. The van der Waals surface area contributed by atoms with E-state index in [9.17, 15) is 17.6 Å². The molecule has 178 valence electrons. The van der Waals surface area contributed by atoms with Gasteiger partial charge in [0.05, 0.1) is 6.61 Å². The molecule has 0 aliphatic rings. The third-order valence-electron chi connectivity index (χ3n) is 5.76. The smallest absolute Gasteiger partial charge is 0.166 e. The molecule has 0 amide bonds. The Hall–Kier alpha value is -3.78. The highest BCUT2D eigenvalue weighted by Gasteiger charge is 2.12. The Labute approximate surface area is 202 Å². The first-order chi connectivity index (χ1) is 16.9. The average molecular weight is 477 g/mol. The van der Waals surface area contributed by atoms with Crippen molar-refractivity contribution in [3.05, 3.63) is 112 Å². The molecule has 0 bridgehead atoms. The van der Waals surface area contributed by atoms with Gasteiger partial charge >= 0.3 is 0 Å². The Kier molecular flexibility index (Phi) is 7.72. The minimum atomic E-state index is -0.879. The average Bonchev–Trinajstić information content (AvgIpc) is 2.85. The third-order valence-corrected chi connectivity index (χ3v) is 5.76. The molecule has 0 heterocycles. The van der Waals surface area contributed by atoms with Crippen molar-refractivity contribution >= 4 is 10.8 Å². The number of fused-ring (bicyclic) bond motifs is 1. The van der Waals surface area contributed by atoms with Crippen LogP contribution in [-0.4, -0.2) is 6.61 Å². The van der Waals surface area contributed by atoms with E-state index in [0.29, 0.717) is 24.0 Å². The van der Waals surface area contributed by atoms with Crippen LogP contribution in [-0.2, 0) is 12.8 Å². The van der Waals surface area contributed by atoms with E-state index >= 15 is 0 Å². The maximum Gasteiger partial charge on any atom is 0.166 e. The fourth-order valence-electron chi connectivity index (χ4n) is 3.75. The van der Waals surface area contributed by atoms with Gasteiger partial charge in [0, 0.05) is 34.2 Å². The van der Waals surface area contributed by atoms with Crippen LogP contribution in [0.3, 0.4) is 0 Å². The lowest BCUT2D eigenvalue weighted by Crippen LogP contribution is -2.02. The summed E-state index contributed by atoms with van der Waals surface area (Å²) < 4.78 is 61.4. The second kappa shape index (κ2) is 11.1. The second-order valence-corrected chi connectivity index (χ2v) is 8.31. The summed E-state index contributed by atoms with van der Waals surface area (Å²) in [5.41, 5.74) is 2.43. The molecule has 5 heteroatoms. The van der Waals surface area contributed by atoms with E-state index in [4.69, 9.17) is 4.74 Å². The van der Waals surface area contributed by atoms with Crippen LogP contribution in [0.25, 0.3) is 10.8 Å². The molecule has 4 aromatic carbocycles. The van der Waals surface area contributed by atoms with Gasteiger partial charge in [-0.15, -0.1) is 0 Å². The number of unbranched alkanes of at least 4 members (excludes halogenated alkanes) is 1. The largest absolute Gasteiger partial charge is 0.493 e. The molecule has 0 saturated carbocycles. The fourth-order valence-corrected chi connectivity index (χ4v) is 3.75. The number of hydrogen-bond donors (Lipinski definition) is 0. The van der Waals surface area contributed by atoms with Gasteiger partial charge in [-0.2, -0.15) is 0 Å². The molecule has 0 saturated heterocycles. The van der Waals surface area contributed by atoms with E-state index in [1.54, 1.807) is 12.1 Å². The molecule has 0 aliphatic carbocycles. The van der Waals surface area contributed by atoms with Crippen LogP contribution >= 0.6 is 0 Å². The van der Waals surface area contributed by atoms with Gasteiger partial charge in [-0.25, -0.2) is 17.6 Å². The van der Waals surface area contributed by atoms with E-state index in [-0.39, 0.29) is 23.1 Å². The van der Waals surface area contributed by atoms with Crippen LogP contribution in [0.1, 0.15) is 42.0 Å². The molecule has 0 atom stereocenters. The highest BCUT2D eigenvalue weighted by molar-refractivity contribution is 5.84. The SMILES string of the molecule is CCCCOc1cc(F)c(CCc2ccc(C#Cc3ccc4c(F)c(F)ccc4c3)cc2)c(F)c1. The molecule has 0 aromatic heterocycles. The Morgan fingerprint density at radius 3 is 2.11 bits per heavy atom. The van der Waals surface area contributed by atoms with Crippen LogP contribution in [0.4, 0.5) is 17.6 Å². The van der Waals surface area contributed by atoms with E-state index < -0.39 is 23.3 Å². The molecule has 4 aromatic rings. The highest BCUT2D eigenvalue weighted by atomic mass is 19.2. The quantitative estimate of drug-likeness (QED) is 0.150. The molecule has 0 aliphatic heterocycles. The maximum absolute atomic E-state index is 14.4. The third kappa shape index (κ3) is 6.02. The van der Waals surface area contributed by atoms with Gasteiger partial charge in [0.2, 0.25) is 0 Å². The first kappa shape index (κ1) is 24.3. The summed E-state index contributed by atoms with van der Waals surface area (Å²) in [6.07, 6.45) is 2.48. The summed E-state index contributed by atoms with van der Waals surface area (Å²) in [5.74, 6) is 3.34. The standard InChI is InChI=1S/C30H24F4O/c1-2-3-16-35-24-18-28(32)26(29(33)19-24)14-10-21-6-4-20(5-7-21)8-9-22-11-13-25-23(17-22)12-15-27(31)30(25)34/h4-7,11-13,15,17-19H,2-3,10,14,16H2,1H3. The molecule has 0 unspecified atom stereocenters. The van der Waals surface area contributed by atoms with Gasteiger partial charge < -0.3 is 4.74 Å². The van der Waals surface area contributed by atoms with Crippen molar-refractivity contribution in [2.75, 3.05) is 6.61 Å². The fraction of sp³-hybridized carbons (Fsp3) is 0.200. The second-order valence-electron chi connectivity index (χ2n) is 8.31. The van der Waals surface area contributed by atoms with E-state index in [0.717, 1.165) is 30.0 Å². The Balaban J connectivity index is 1.40. The van der Waals surface area contributed by atoms with Crippen molar-refractivity contribution < 1.29 is 22.3 Å². The van der Waals surface area contributed by atoms with E-state index in [2.05, 4.69) is 11.8 Å². The number of aryl methyl sites for hydroxylation is 1. The minimum absolute atomic E-state index is 0.0457. The molecule has 35 heavy (non-hydrogen) atoms. The van der Waals surface area contributed by atoms with Gasteiger partial charge in [0.15, 0.2) is 11.6 Å². The van der Waals surface area contributed by atoms with Crippen molar-refractivity contribution in [1.29, 1.82) is 0 Å². The lowest BCUT2D eigenvalue weighted by Gasteiger charge is -2.10. The monoisotopic (exact) mass is 476 g/mol. The van der Waals surface area contributed by atoms with E-state index in [1.807, 2.05) is 31.2 Å². The summed E-state index contributed by atoms with van der Waals surface area (Å²) in [6, 6.07) is 17.4. The van der Waals surface area contributed by atoms with Crippen molar-refractivity contribution in [2.24, 2.45) is 0 Å². The number of hydrogen-bond acceptors (Lipinski definition) is 1.